The molecule has 3 rings (SSSR count). The lowest BCUT2D eigenvalue weighted by Crippen LogP contribution is -2.36. The zero-order chi connectivity index (χ0) is 16.1. The van der Waals surface area contributed by atoms with E-state index in [0.717, 1.165) is 24.0 Å². The van der Waals surface area contributed by atoms with Gasteiger partial charge in [-0.1, -0.05) is 60.8 Å². The Morgan fingerprint density at radius 3 is 2.52 bits per heavy atom. The van der Waals surface area contributed by atoms with Crippen LogP contribution in [0.2, 0.25) is 5.02 Å². The number of halogens is 1. The third-order valence-corrected chi connectivity index (χ3v) is 4.41. The molecule has 0 spiro atoms. The Morgan fingerprint density at radius 1 is 1.09 bits per heavy atom. The Balaban J connectivity index is 1.59. The summed E-state index contributed by atoms with van der Waals surface area (Å²) in [5.41, 5.74) is 2.12. The molecule has 0 unspecified atom stereocenters. The summed E-state index contributed by atoms with van der Waals surface area (Å²) in [6, 6.07) is 15.9. The minimum absolute atomic E-state index is 0.000896. The molecule has 0 radical (unpaired) electrons. The maximum absolute atomic E-state index is 11.9. The van der Waals surface area contributed by atoms with E-state index in [1.165, 1.54) is 12.8 Å². The van der Waals surface area contributed by atoms with E-state index in [9.17, 15) is 4.79 Å². The first-order chi connectivity index (χ1) is 11.2. The molecule has 1 aliphatic carbocycles. The lowest BCUT2D eigenvalue weighted by molar-refractivity contribution is -0.123. The minimum Gasteiger partial charge on any atom is -0.482 e. The molecule has 0 aliphatic heterocycles. The summed E-state index contributed by atoms with van der Waals surface area (Å²) >= 11 is 6.28. The normalized spacial score (nSPS) is 14.7. The summed E-state index contributed by atoms with van der Waals surface area (Å²) in [7, 11) is 0. The maximum Gasteiger partial charge on any atom is 0.258 e. The highest BCUT2D eigenvalue weighted by Crippen LogP contribution is 2.30. The van der Waals surface area contributed by atoms with Gasteiger partial charge in [-0.2, -0.15) is 0 Å². The molecular formula is C19H20ClNO2. The van der Waals surface area contributed by atoms with Gasteiger partial charge >= 0.3 is 0 Å². The van der Waals surface area contributed by atoms with Gasteiger partial charge in [-0.15, -0.1) is 0 Å². The van der Waals surface area contributed by atoms with Gasteiger partial charge in [-0.3, -0.25) is 4.79 Å². The molecule has 1 aliphatic rings. The van der Waals surface area contributed by atoms with E-state index in [4.69, 9.17) is 16.3 Å². The van der Waals surface area contributed by atoms with E-state index in [1.807, 2.05) is 48.5 Å². The van der Waals surface area contributed by atoms with Crippen LogP contribution in [0.15, 0.2) is 48.5 Å². The predicted molar refractivity (Wildman–Crippen MR) is 92.8 cm³/mol. The summed E-state index contributed by atoms with van der Waals surface area (Å²) in [5.74, 6) is 0.452. The first-order valence-corrected chi connectivity index (χ1v) is 8.37. The third kappa shape index (κ3) is 4.26. The lowest BCUT2D eigenvalue weighted by atomic mass is 10.1. The molecule has 0 aromatic heterocycles. The minimum atomic E-state index is -0.0832. The van der Waals surface area contributed by atoms with Gasteiger partial charge in [-0.25, -0.2) is 0 Å². The number of carbonyl (C=O) groups excluding carboxylic acids is 1. The van der Waals surface area contributed by atoms with Gasteiger partial charge in [0.1, 0.15) is 5.75 Å². The topological polar surface area (TPSA) is 38.3 Å². The van der Waals surface area contributed by atoms with E-state index >= 15 is 0 Å². The van der Waals surface area contributed by atoms with Crippen LogP contribution in [-0.4, -0.2) is 18.6 Å². The summed E-state index contributed by atoms with van der Waals surface area (Å²) < 4.78 is 5.56. The number of hydrogen-bond acceptors (Lipinski definition) is 2. The fourth-order valence-electron chi connectivity index (χ4n) is 2.91. The van der Waals surface area contributed by atoms with E-state index < -0.39 is 0 Å². The first kappa shape index (κ1) is 15.9. The van der Waals surface area contributed by atoms with Crippen LogP contribution in [0.4, 0.5) is 0 Å². The fraction of sp³-hybridized carbons (Fsp3) is 0.316. The van der Waals surface area contributed by atoms with E-state index in [2.05, 4.69) is 5.32 Å². The summed E-state index contributed by atoms with van der Waals surface area (Å²) in [5, 5.41) is 3.51. The highest BCUT2D eigenvalue weighted by molar-refractivity contribution is 6.32. The summed E-state index contributed by atoms with van der Waals surface area (Å²) in [4.78, 5) is 11.9. The highest BCUT2D eigenvalue weighted by Gasteiger charge is 2.17. The van der Waals surface area contributed by atoms with Gasteiger partial charge in [0.15, 0.2) is 6.61 Å². The van der Waals surface area contributed by atoms with Gasteiger partial charge in [-0.05, 0) is 36.1 Å². The molecule has 4 heteroatoms. The van der Waals surface area contributed by atoms with Crippen molar-refractivity contribution >= 4 is 17.5 Å². The van der Waals surface area contributed by atoms with Crippen molar-refractivity contribution in [2.75, 3.05) is 6.61 Å². The fourth-order valence-corrected chi connectivity index (χ4v) is 3.15. The molecular weight excluding hydrogens is 310 g/mol. The molecule has 23 heavy (non-hydrogen) atoms. The Bertz CT molecular complexity index is 666. The average Bonchev–Trinajstić information content (AvgIpc) is 3.07. The van der Waals surface area contributed by atoms with Crippen LogP contribution in [0, 0.1) is 0 Å². The lowest BCUT2D eigenvalue weighted by Gasteiger charge is -2.13. The van der Waals surface area contributed by atoms with Crippen molar-refractivity contribution in [3.63, 3.8) is 0 Å². The van der Waals surface area contributed by atoms with Gasteiger partial charge in [0.25, 0.3) is 5.91 Å². The molecule has 1 fully saturated rings. The molecule has 3 nitrogen and oxygen atoms in total. The zero-order valence-corrected chi connectivity index (χ0v) is 13.7. The van der Waals surface area contributed by atoms with Crippen molar-refractivity contribution in [3.8, 4) is 16.9 Å². The van der Waals surface area contributed by atoms with Gasteiger partial charge in [0, 0.05) is 6.04 Å². The summed E-state index contributed by atoms with van der Waals surface area (Å²) in [6.07, 6.45) is 4.52. The predicted octanol–water partition coefficient (Wildman–Crippen LogP) is 4.44. The Morgan fingerprint density at radius 2 is 1.83 bits per heavy atom. The zero-order valence-electron chi connectivity index (χ0n) is 12.9. The molecule has 0 atom stereocenters. The standard InChI is InChI=1S/C19H20ClNO2/c20-17-12-15(14-6-2-1-3-7-14)10-11-18(17)23-13-19(22)21-16-8-4-5-9-16/h1-3,6-7,10-12,16H,4-5,8-9,13H2,(H,21,22). The van der Waals surface area contributed by atoms with Crippen molar-refractivity contribution in [2.24, 2.45) is 0 Å². The van der Waals surface area contributed by atoms with Crippen LogP contribution < -0.4 is 10.1 Å². The second-order valence-electron chi connectivity index (χ2n) is 5.85. The number of nitrogens with one attached hydrogen (secondary N) is 1. The van der Waals surface area contributed by atoms with Crippen LogP contribution in [0.5, 0.6) is 5.75 Å². The summed E-state index contributed by atoms with van der Waals surface area (Å²) in [6.45, 7) is 0.000896. The van der Waals surface area contributed by atoms with Gasteiger partial charge < -0.3 is 10.1 Å². The average molecular weight is 330 g/mol. The van der Waals surface area contributed by atoms with Crippen LogP contribution in [0.25, 0.3) is 11.1 Å². The SMILES string of the molecule is O=C(COc1ccc(-c2ccccc2)cc1Cl)NC1CCCC1. The number of amides is 1. The second kappa shape index (κ2) is 7.51. The number of carbonyl (C=O) groups is 1. The molecule has 2 aromatic carbocycles. The van der Waals surface area contributed by atoms with Crippen LogP contribution >= 0.6 is 11.6 Å². The first-order valence-electron chi connectivity index (χ1n) is 7.99. The Kier molecular flexibility index (Phi) is 5.19. The molecule has 2 aromatic rings. The maximum atomic E-state index is 11.9. The number of hydrogen-bond donors (Lipinski definition) is 1. The van der Waals surface area contributed by atoms with Gasteiger partial charge in [0.05, 0.1) is 5.02 Å². The Hall–Kier alpha value is -2.00. The molecule has 120 valence electrons. The van der Waals surface area contributed by atoms with Crippen LogP contribution in [0.3, 0.4) is 0 Å². The molecule has 1 amide bonds. The molecule has 0 bridgehead atoms. The van der Waals surface area contributed by atoms with Crippen LogP contribution in [-0.2, 0) is 4.79 Å². The van der Waals surface area contributed by atoms with Crippen molar-refractivity contribution in [1.29, 1.82) is 0 Å². The van der Waals surface area contributed by atoms with E-state index in [1.54, 1.807) is 0 Å². The van der Waals surface area contributed by atoms with Crippen molar-refractivity contribution < 1.29 is 9.53 Å². The quantitative estimate of drug-likeness (QED) is 0.880. The smallest absolute Gasteiger partial charge is 0.258 e. The van der Waals surface area contributed by atoms with Crippen molar-refractivity contribution in [1.82, 2.24) is 5.32 Å². The second-order valence-corrected chi connectivity index (χ2v) is 6.26. The van der Waals surface area contributed by atoms with E-state index in [-0.39, 0.29) is 12.5 Å². The number of rotatable bonds is 5. The molecule has 0 saturated heterocycles. The highest BCUT2D eigenvalue weighted by atomic mass is 35.5. The van der Waals surface area contributed by atoms with E-state index in [0.29, 0.717) is 16.8 Å². The molecule has 0 heterocycles. The Labute approximate surface area is 141 Å². The third-order valence-electron chi connectivity index (χ3n) is 4.12. The molecule has 1 N–H and O–H groups in total. The van der Waals surface area contributed by atoms with Gasteiger partial charge in [0.2, 0.25) is 0 Å². The monoisotopic (exact) mass is 329 g/mol. The number of benzene rings is 2. The molecule has 1 saturated carbocycles. The van der Waals surface area contributed by atoms with Crippen LogP contribution in [0.1, 0.15) is 25.7 Å². The van der Waals surface area contributed by atoms with Crippen molar-refractivity contribution in [3.05, 3.63) is 53.6 Å². The largest absolute Gasteiger partial charge is 0.482 e. The van der Waals surface area contributed by atoms with Crippen molar-refractivity contribution in [2.45, 2.75) is 31.7 Å². The number of ether oxygens (including phenoxy) is 1.